The molecule has 88 valence electrons. The highest BCUT2D eigenvalue weighted by atomic mass is 32.3. The van der Waals surface area contributed by atoms with Crippen LogP contribution in [0.5, 0.6) is 0 Å². The van der Waals surface area contributed by atoms with Gasteiger partial charge < -0.3 is 0 Å². The number of fused-ring (bicyclic) bond motifs is 1. The molecule has 2 aliphatic rings. The topological polar surface area (TPSA) is 52.6 Å². The van der Waals surface area contributed by atoms with Crippen molar-refractivity contribution in [2.24, 2.45) is 0 Å². The standard InChI is InChI=1S/C6H6F4O4S/c7-1-2(8)4(10)6-5(3(1)9)13-15(11,12)14-6/h1-6H/t1-,2+,3+,4-,5-,6+. The molecule has 4 nitrogen and oxygen atoms in total. The molecule has 0 N–H and O–H groups in total. The zero-order valence-electron chi connectivity index (χ0n) is 7.02. The molecule has 1 aliphatic carbocycles. The molecule has 0 aromatic heterocycles. The van der Waals surface area contributed by atoms with Crippen molar-refractivity contribution in [1.29, 1.82) is 0 Å². The van der Waals surface area contributed by atoms with Crippen molar-refractivity contribution < 1.29 is 34.3 Å². The Labute approximate surface area is 82.5 Å². The van der Waals surface area contributed by atoms with Crippen LogP contribution < -0.4 is 0 Å². The van der Waals surface area contributed by atoms with Crippen molar-refractivity contribution in [2.45, 2.75) is 36.9 Å². The average Bonchev–Trinajstić information content (AvgIpc) is 2.48. The lowest BCUT2D eigenvalue weighted by Gasteiger charge is -2.32. The smallest absolute Gasteiger partial charge is 0.241 e. The van der Waals surface area contributed by atoms with Crippen molar-refractivity contribution in [3.63, 3.8) is 0 Å². The number of rotatable bonds is 0. The third-order valence-corrected chi connectivity index (χ3v) is 3.24. The Bertz CT molecular complexity index is 332. The molecule has 6 atom stereocenters. The minimum Gasteiger partial charge on any atom is -0.241 e. The Hall–Kier alpha value is -0.410. The molecule has 1 saturated carbocycles. The second kappa shape index (κ2) is 3.29. The van der Waals surface area contributed by atoms with Crippen LogP contribution in [0.25, 0.3) is 0 Å². The summed E-state index contributed by atoms with van der Waals surface area (Å²) in [5.74, 6) is 0. The van der Waals surface area contributed by atoms with Crippen molar-refractivity contribution in [2.75, 3.05) is 0 Å². The van der Waals surface area contributed by atoms with Crippen LogP contribution in [0.3, 0.4) is 0 Å². The van der Waals surface area contributed by atoms with E-state index in [0.29, 0.717) is 0 Å². The predicted molar refractivity (Wildman–Crippen MR) is 38.2 cm³/mol. The molecule has 2 rings (SSSR count). The van der Waals surface area contributed by atoms with E-state index < -0.39 is 47.3 Å². The highest BCUT2D eigenvalue weighted by Crippen LogP contribution is 2.38. The highest BCUT2D eigenvalue weighted by molar-refractivity contribution is 7.82. The van der Waals surface area contributed by atoms with Gasteiger partial charge >= 0.3 is 10.4 Å². The molecule has 1 saturated heterocycles. The average molecular weight is 250 g/mol. The first-order chi connectivity index (χ1) is 6.83. The molecule has 1 heterocycles. The van der Waals surface area contributed by atoms with Gasteiger partial charge in [0.05, 0.1) is 0 Å². The summed E-state index contributed by atoms with van der Waals surface area (Å²) in [7, 11) is -4.55. The van der Waals surface area contributed by atoms with Gasteiger partial charge in [-0.1, -0.05) is 0 Å². The number of alkyl halides is 4. The van der Waals surface area contributed by atoms with E-state index in [0.717, 1.165) is 0 Å². The van der Waals surface area contributed by atoms with Crippen LogP contribution in [-0.4, -0.2) is 45.3 Å². The molecule has 1 aliphatic heterocycles. The van der Waals surface area contributed by atoms with E-state index in [2.05, 4.69) is 8.37 Å². The second-order valence-corrected chi connectivity index (χ2v) is 4.51. The first-order valence-corrected chi connectivity index (χ1v) is 5.34. The van der Waals surface area contributed by atoms with Crippen LogP contribution in [0.15, 0.2) is 0 Å². The molecule has 9 heteroatoms. The highest BCUT2D eigenvalue weighted by Gasteiger charge is 2.60. The van der Waals surface area contributed by atoms with Crippen molar-refractivity contribution in [3.8, 4) is 0 Å². The third-order valence-electron chi connectivity index (χ3n) is 2.32. The Morgan fingerprint density at radius 2 is 1.07 bits per heavy atom. The summed E-state index contributed by atoms with van der Waals surface area (Å²) >= 11 is 0. The summed E-state index contributed by atoms with van der Waals surface area (Å²) in [4.78, 5) is 0. The maximum absolute atomic E-state index is 13.0. The maximum Gasteiger partial charge on any atom is 0.400 e. The van der Waals surface area contributed by atoms with E-state index in [9.17, 15) is 26.0 Å². The van der Waals surface area contributed by atoms with Crippen LogP contribution in [0.4, 0.5) is 17.6 Å². The Balaban J connectivity index is 2.31. The van der Waals surface area contributed by atoms with E-state index in [1.165, 1.54) is 0 Å². The fraction of sp³-hybridized carbons (Fsp3) is 1.00. The van der Waals surface area contributed by atoms with Crippen molar-refractivity contribution in [3.05, 3.63) is 0 Å². The predicted octanol–water partition coefficient (Wildman–Crippen LogP) is 0.381. The minimum atomic E-state index is -4.55. The van der Waals surface area contributed by atoms with Gasteiger partial charge in [-0.15, -0.1) is 0 Å². The zero-order chi connectivity index (χ0) is 11.4. The van der Waals surface area contributed by atoms with Crippen molar-refractivity contribution in [1.82, 2.24) is 0 Å². The fourth-order valence-electron chi connectivity index (χ4n) is 1.59. The summed E-state index contributed by atoms with van der Waals surface area (Å²) in [6.45, 7) is 0. The number of hydrogen-bond acceptors (Lipinski definition) is 4. The van der Waals surface area contributed by atoms with Crippen molar-refractivity contribution >= 4 is 10.4 Å². The molecule has 0 bridgehead atoms. The quantitative estimate of drug-likeness (QED) is 0.583. The molecular weight excluding hydrogens is 244 g/mol. The van der Waals surface area contributed by atoms with Crippen LogP contribution in [0.2, 0.25) is 0 Å². The van der Waals surface area contributed by atoms with E-state index in [1.54, 1.807) is 0 Å². The van der Waals surface area contributed by atoms with Gasteiger partial charge in [0.15, 0.2) is 24.7 Å². The van der Waals surface area contributed by atoms with Gasteiger partial charge in [0.1, 0.15) is 12.2 Å². The summed E-state index contributed by atoms with van der Waals surface area (Å²) < 4.78 is 81.0. The van der Waals surface area contributed by atoms with E-state index >= 15 is 0 Å². The molecule has 0 aromatic rings. The molecule has 0 amide bonds. The summed E-state index contributed by atoms with van der Waals surface area (Å²) in [5.41, 5.74) is 0. The lowest BCUT2D eigenvalue weighted by Crippen LogP contribution is -2.56. The summed E-state index contributed by atoms with van der Waals surface area (Å²) in [5, 5.41) is 0. The largest absolute Gasteiger partial charge is 0.400 e. The molecule has 0 aromatic carbocycles. The van der Waals surface area contributed by atoms with E-state index in [-0.39, 0.29) is 0 Å². The van der Waals surface area contributed by atoms with E-state index in [4.69, 9.17) is 0 Å². The first-order valence-electron chi connectivity index (χ1n) is 4.01. The van der Waals surface area contributed by atoms with Crippen LogP contribution in [-0.2, 0) is 18.8 Å². The molecule has 0 radical (unpaired) electrons. The Kier molecular flexibility index (Phi) is 2.43. The molecule has 2 fully saturated rings. The third kappa shape index (κ3) is 1.62. The summed E-state index contributed by atoms with van der Waals surface area (Å²) in [6.07, 6.45) is -14.5. The van der Waals surface area contributed by atoms with E-state index in [1.807, 2.05) is 0 Å². The number of halogens is 4. The van der Waals surface area contributed by atoms with Crippen LogP contribution in [0, 0.1) is 0 Å². The zero-order valence-corrected chi connectivity index (χ0v) is 7.83. The van der Waals surface area contributed by atoms with Crippen LogP contribution >= 0.6 is 0 Å². The Morgan fingerprint density at radius 3 is 1.40 bits per heavy atom. The summed E-state index contributed by atoms with van der Waals surface area (Å²) in [6, 6.07) is 0. The lowest BCUT2D eigenvalue weighted by atomic mass is 9.88. The monoisotopic (exact) mass is 250 g/mol. The van der Waals surface area contributed by atoms with Gasteiger partial charge in [-0.3, -0.25) is 0 Å². The van der Waals surface area contributed by atoms with Gasteiger partial charge in [0, 0.05) is 0 Å². The Morgan fingerprint density at radius 1 is 0.733 bits per heavy atom. The fourth-order valence-corrected chi connectivity index (χ4v) is 2.61. The van der Waals surface area contributed by atoms with Gasteiger partial charge in [0.2, 0.25) is 0 Å². The lowest BCUT2D eigenvalue weighted by molar-refractivity contribution is -0.100. The molecular formula is C6H6F4O4S. The molecule has 0 spiro atoms. The van der Waals surface area contributed by atoms with Gasteiger partial charge in [-0.2, -0.15) is 8.42 Å². The molecule has 0 unspecified atom stereocenters. The van der Waals surface area contributed by atoms with Gasteiger partial charge in [-0.25, -0.2) is 25.9 Å². The van der Waals surface area contributed by atoms with Gasteiger partial charge in [-0.05, 0) is 0 Å². The first kappa shape index (κ1) is 11.1. The second-order valence-electron chi connectivity index (χ2n) is 3.31. The maximum atomic E-state index is 13.0. The van der Waals surface area contributed by atoms with Gasteiger partial charge in [0.25, 0.3) is 0 Å². The SMILES string of the molecule is O=S1(=O)O[C@@H]2[C@@H](F)[C@H](F)[C@H](F)[C@@H](F)[C@@H]2O1. The molecule has 15 heavy (non-hydrogen) atoms. The minimum absolute atomic E-state index is 1.95. The normalized spacial score (nSPS) is 53.9. The number of hydrogen-bond donors (Lipinski definition) is 0. The van der Waals surface area contributed by atoms with Crippen LogP contribution in [0.1, 0.15) is 0 Å².